The molecular formula is C19H13N3O3. The van der Waals surface area contributed by atoms with Crippen LogP contribution in [0, 0.1) is 0 Å². The van der Waals surface area contributed by atoms with Crippen LogP contribution in [0.15, 0.2) is 71.3 Å². The summed E-state index contributed by atoms with van der Waals surface area (Å²) in [6, 6.07) is 18.4. The van der Waals surface area contributed by atoms with Crippen LogP contribution in [-0.2, 0) is 0 Å². The maximum Gasteiger partial charge on any atom is 0.274 e. The Bertz CT molecular complexity index is 1040. The number of nitrogens with one attached hydrogen (secondary N) is 1. The van der Waals surface area contributed by atoms with E-state index in [2.05, 4.69) is 9.97 Å². The first kappa shape index (κ1) is 15.0. The van der Waals surface area contributed by atoms with Crippen LogP contribution in [-0.4, -0.2) is 21.1 Å². The number of carbonyl (C=O) groups is 1. The molecule has 0 fully saturated rings. The first-order chi connectivity index (χ1) is 12.2. The Morgan fingerprint density at radius 1 is 1.00 bits per heavy atom. The summed E-state index contributed by atoms with van der Waals surface area (Å²) in [4.78, 5) is 20.3. The van der Waals surface area contributed by atoms with Crippen molar-refractivity contribution in [3.8, 4) is 22.7 Å². The summed E-state index contributed by atoms with van der Waals surface area (Å²) >= 11 is 0. The van der Waals surface area contributed by atoms with Crippen LogP contribution in [0.5, 0.6) is 0 Å². The first-order valence-electron chi connectivity index (χ1n) is 7.61. The van der Waals surface area contributed by atoms with Crippen molar-refractivity contribution in [3.05, 3.63) is 72.4 Å². The number of hydrogen-bond donors (Lipinski definition) is 2. The van der Waals surface area contributed by atoms with Crippen molar-refractivity contribution < 1.29 is 14.4 Å². The van der Waals surface area contributed by atoms with Crippen molar-refractivity contribution in [3.63, 3.8) is 0 Å². The Balaban J connectivity index is 1.68. The van der Waals surface area contributed by atoms with Gasteiger partial charge >= 0.3 is 0 Å². The summed E-state index contributed by atoms with van der Waals surface area (Å²) in [6.45, 7) is 0. The van der Waals surface area contributed by atoms with Crippen LogP contribution in [0.1, 0.15) is 10.4 Å². The molecule has 0 aliphatic carbocycles. The molecule has 0 unspecified atom stereocenters. The molecular weight excluding hydrogens is 318 g/mol. The number of fused-ring (bicyclic) bond motifs is 1. The second kappa shape index (κ2) is 6.18. The Labute approximate surface area is 142 Å². The van der Waals surface area contributed by atoms with E-state index in [9.17, 15) is 4.79 Å². The van der Waals surface area contributed by atoms with Crippen molar-refractivity contribution in [2.45, 2.75) is 0 Å². The standard InChI is InChI=1S/C19H13N3O3/c23-18(22-24)13-7-9-17-16(10-13)21-19(25-17)14-6-8-15(20-11-14)12-4-2-1-3-5-12/h1-11,24H,(H,22,23). The van der Waals surface area contributed by atoms with Crippen molar-refractivity contribution in [1.29, 1.82) is 0 Å². The van der Waals surface area contributed by atoms with Gasteiger partial charge in [0, 0.05) is 17.3 Å². The Morgan fingerprint density at radius 2 is 1.84 bits per heavy atom. The predicted molar refractivity (Wildman–Crippen MR) is 91.9 cm³/mol. The van der Waals surface area contributed by atoms with Gasteiger partial charge in [0.1, 0.15) is 5.52 Å². The normalized spacial score (nSPS) is 10.8. The topological polar surface area (TPSA) is 88.2 Å². The van der Waals surface area contributed by atoms with Gasteiger partial charge in [-0.2, -0.15) is 0 Å². The van der Waals surface area contributed by atoms with Crippen LogP contribution in [0.2, 0.25) is 0 Å². The van der Waals surface area contributed by atoms with E-state index in [1.54, 1.807) is 29.9 Å². The first-order valence-corrected chi connectivity index (χ1v) is 7.61. The molecule has 0 bridgehead atoms. The van der Waals surface area contributed by atoms with E-state index in [1.807, 2.05) is 42.5 Å². The molecule has 2 aromatic heterocycles. The van der Waals surface area contributed by atoms with E-state index >= 15 is 0 Å². The maximum atomic E-state index is 11.5. The summed E-state index contributed by atoms with van der Waals surface area (Å²) in [7, 11) is 0. The molecule has 25 heavy (non-hydrogen) atoms. The van der Waals surface area contributed by atoms with E-state index in [0.717, 1.165) is 16.8 Å². The molecule has 0 saturated carbocycles. The van der Waals surface area contributed by atoms with Crippen LogP contribution in [0.25, 0.3) is 33.8 Å². The minimum absolute atomic E-state index is 0.299. The van der Waals surface area contributed by atoms with Crippen LogP contribution in [0.3, 0.4) is 0 Å². The Hall–Kier alpha value is -3.51. The number of carbonyl (C=O) groups excluding carboxylic acids is 1. The molecule has 4 rings (SSSR count). The number of aromatic nitrogens is 2. The number of hydroxylamine groups is 1. The molecule has 0 aliphatic rings. The molecule has 2 heterocycles. The largest absolute Gasteiger partial charge is 0.436 e. The summed E-state index contributed by atoms with van der Waals surface area (Å²) < 4.78 is 5.72. The Kier molecular flexibility index (Phi) is 3.72. The fraction of sp³-hybridized carbons (Fsp3) is 0. The minimum Gasteiger partial charge on any atom is -0.436 e. The molecule has 1 amide bonds. The van der Waals surface area contributed by atoms with E-state index in [4.69, 9.17) is 9.62 Å². The molecule has 6 nitrogen and oxygen atoms in total. The number of rotatable bonds is 3. The van der Waals surface area contributed by atoms with Crippen molar-refractivity contribution in [2.24, 2.45) is 0 Å². The number of pyridine rings is 1. The van der Waals surface area contributed by atoms with E-state index < -0.39 is 5.91 Å². The highest BCUT2D eigenvalue weighted by atomic mass is 16.5. The molecule has 0 radical (unpaired) electrons. The van der Waals surface area contributed by atoms with Gasteiger partial charge in [-0.1, -0.05) is 30.3 Å². The number of amides is 1. The lowest BCUT2D eigenvalue weighted by Crippen LogP contribution is -2.18. The Morgan fingerprint density at radius 3 is 2.56 bits per heavy atom. The van der Waals surface area contributed by atoms with E-state index in [-0.39, 0.29) is 0 Å². The molecule has 6 heteroatoms. The number of nitrogens with zero attached hydrogens (tertiary/aromatic N) is 2. The summed E-state index contributed by atoms with van der Waals surface area (Å²) in [5.41, 5.74) is 5.62. The van der Waals surface area contributed by atoms with Crippen molar-refractivity contribution >= 4 is 17.0 Å². The highest BCUT2D eigenvalue weighted by Crippen LogP contribution is 2.26. The van der Waals surface area contributed by atoms with Crippen LogP contribution in [0.4, 0.5) is 0 Å². The predicted octanol–water partition coefficient (Wildman–Crippen LogP) is 3.68. The number of oxazole rings is 1. The molecule has 0 aliphatic heterocycles. The third-order valence-electron chi connectivity index (χ3n) is 3.83. The quantitative estimate of drug-likeness (QED) is 0.442. The SMILES string of the molecule is O=C(NO)c1ccc2oc(-c3ccc(-c4ccccc4)nc3)nc2c1. The molecule has 2 N–H and O–H groups in total. The molecule has 0 atom stereocenters. The zero-order valence-electron chi connectivity index (χ0n) is 13.0. The molecule has 0 saturated heterocycles. The van der Waals surface area contributed by atoms with Crippen LogP contribution >= 0.6 is 0 Å². The number of hydrogen-bond acceptors (Lipinski definition) is 5. The fourth-order valence-electron chi connectivity index (χ4n) is 2.56. The zero-order chi connectivity index (χ0) is 17.2. The summed E-state index contributed by atoms with van der Waals surface area (Å²) in [5, 5.41) is 8.71. The highest BCUT2D eigenvalue weighted by molar-refractivity contribution is 5.96. The van der Waals surface area contributed by atoms with Gasteiger partial charge in [-0.3, -0.25) is 15.0 Å². The van der Waals surface area contributed by atoms with Gasteiger partial charge in [-0.15, -0.1) is 0 Å². The third kappa shape index (κ3) is 2.86. The molecule has 4 aromatic rings. The van der Waals surface area contributed by atoms with E-state index in [1.165, 1.54) is 0 Å². The second-order valence-corrected chi connectivity index (χ2v) is 5.44. The van der Waals surface area contributed by atoms with Gasteiger partial charge < -0.3 is 4.42 Å². The van der Waals surface area contributed by atoms with Crippen LogP contribution < -0.4 is 5.48 Å². The maximum absolute atomic E-state index is 11.5. The highest BCUT2D eigenvalue weighted by Gasteiger charge is 2.12. The third-order valence-corrected chi connectivity index (χ3v) is 3.83. The molecule has 2 aromatic carbocycles. The van der Waals surface area contributed by atoms with Gasteiger partial charge in [0.05, 0.1) is 11.3 Å². The second-order valence-electron chi connectivity index (χ2n) is 5.44. The van der Waals surface area contributed by atoms with Crippen molar-refractivity contribution in [2.75, 3.05) is 0 Å². The lowest BCUT2D eigenvalue weighted by molar-refractivity contribution is 0.0706. The van der Waals surface area contributed by atoms with Gasteiger partial charge in [0.15, 0.2) is 5.58 Å². The average molecular weight is 331 g/mol. The lowest BCUT2D eigenvalue weighted by Gasteiger charge is -2.01. The van der Waals surface area contributed by atoms with E-state index in [0.29, 0.717) is 22.6 Å². The fourth-order valence-corrected chi connectivity index (χ4v) is 2.56. The molecule has 122 valence electrons. The lowest BCUT2D eigenvalue weighted by atomic mass is 10.1. The zero-order valence-corrected chi connectivity index (χ0v) is 13.0. The molecule has 0 spiro atoms. The average Bonchev–Trinajstić information content (AvgIpc) is 3.11. The minimum atomic E-state index is -0.597. The van der Waals surface area contributed by atoms with Gasteiger partial charge in [0.2, 0.25) is 5.89 Å². The van der Waals surface area contributed by atoms with Crippen molar-refractivity contribution in [1.82, 2.24) is 15.4 Å². The summed E-state index contributed by atoms with van der Waals surface area (Å²) in [6.07, 6.45) is 1.70. The smallest absolute Gasteiger partial charge is 0.274 e. The number of benzene rings is 2. The van der Waals surface area contributed by atoms with Gasteiger partial charge in [-0.05, 0) is 30.3 Å². The summed E-state index contributed by atoms with van der Waals surface area (Å²) in [5.74, 6) is -0.177. The monoisotopic (exact) mass is 331 g/mol. The van der Waals surface area contributed by atoms with Gasteiger partial charge in [0.25, 0.3) is 5.91 Å². The van der Waals surface area contributed by atoms with Gasteiger partial charge in [-0.25, -0.2) is 10.5 Å².